The Labute approximate surface area is 300 Å². The summed E-state index contributed by atoms with van der Waals surface area (Å²) in [4.78, 5) is 66.6. The van der Waals surface area contributed by atoms with Gasteiger partial charge in [-0.3, -0.25) is 14.4 Å². The zero-order valence-electron chi connectivity index (χ0n) is 30.9. The Morgan fingerprint density at radius 3 is 2.29 bits per heavy atom. The van der Waals surface area contributed by atoms with Gasteiger partial charge in [0.2, 0.25) is 6.10 Å². The van der Waals surface area contributed by atoms with Crippen LogP contribution in [0.15, 0.2) is 41.5 Å². The number of benzene rings is 1. The van der Waals surface area contributed by atoms with Crippen molar-refractivity contribution >= 4 is 37.3 Å². The average Bonchev–Trinajstić information content (AvgIpc) is 3.10. The van der Waals surface area contributed by atoms with Crippen molar-refractivity contribution in [2.24, 2.45) is 28.1 Å². The minimum Gasteiger partial charge on any atom is -0.455 e. The topological polar surface area (TPSA) is 175 Å². The van der Waals surface area contributed by atoms with Crippen LogP contribution in [-0.4, -0.2) is 90.2 Å². The highest BCUT2D eigenvalue weighted by atomic mass is 16.6. The Morgan fingerprint density at radius 2 is 1.73 bits per heavy atom. The number of esters is 3. The van der Waals surface area contributed by atoms with Gasteiger partial charge in [-0.05, 0) is 42.4 Å². The zero-order valence-corrected chi connectivity index (χ0v) is 30.9. The normalized spacial score (nSPS) is 36.5. The minimum absolute atomic E-state index is 0.0227. The molecule has 5 rings (SSSR count). The van der Waals surface area contributed by atoms with Crippen LogP contribution in [0.1, 0.15) is 92.7 Å². The lowest BCUT2D eigenvalue weighted by molar-refractivity contribution is -0.302. The molecule has 51 heavy (non-hydrogen) atoms. The molecule has 0 spiro atoms. The Balaban J connectivity index is 1.66. The van der Waals surface area contributed by atoms with Gasteiger partial charge in [0.15, 0.2) is 11.9 Å². The summed E-state index contributed by atoms with van der Waals surface area (Å²) in [6, 6.07) is 7.79. The maximum atomic E-state index is 15.1. The number of hydrogen-bond acceptors (Lipinski definition) is 12. The fourth-order valence-corrected chi connectivity index (χ4v) is 9.79. The van der Waals surface area contributed by atoms with Crippen molar-refractivity contribution < 1.29 is 53.1 Å². The van der Waals surface area contributed by atoms with Gasteiger partial charge in [-0.25, -0.2) is 4.79 Å². The van der Waals surface area contributed by atoms with E-state index >= 15 is 4.79 Å². The van der Waals surface area contributed by atoms with Crippen molar-refractivity contribution in [2.75, 3.05) is 6.61 Å². The number of ether oxygens (including phenoxy) is 4. The number of rotatable bonds is 11. The molecule has 2 saturated carbocycles. The van der Waals surface area contributed by atoms with Crippen molar-refractivity contribution in [1.29, 1.82) is 0 Å². The number of hydrogen-bond donors (Lipinski definition) is 3. The largest absolute Gasteiger partial charge is 0.455 e. The molecule has 11 atom stereocenters. The van der Waals surface area contributed by atoms with Gasteiger partial charge in [-0.1, -0.05) is 71.9 Å². The predicted molar refractivity (Wildman–Crippen MR) is 187 cm³/mol. The predicted octanol–water partition coefficient (Wildman–Crippen LogP) is 2.90. The molecule has 2 bridgehead atoms. The average molecular weight is 710 g/mol. The van der Waals surface area contributed by atoms with E-state index in [0.29, 0.717) is 29.5 Å². The molecule has 278 valence electrons. The first-order valence-electron chi connectivity index (χ1n) is 18.0. The van der Waals surface area contributed by atoms with Gasteiger partial charge in [-0.2, -0.15) is 0 Å². The number of Topliss-reactive ketones (excluding diaryl/α,β-unsaturated/α-hetero) is 1. The minimum atomic E-state index is -1.67. The van der Waals surface area contributed by atoms with Crippen molar-refractivity contribution in [3.05, 3.63) is 47.0 Å². The SMILES string of the molecule is CCC(=O)O[C@H]1C(=O)[C@@]2(C)[C@H]([C@H](C)[C@]3(O)C[C@H](OC(=O)[C@H](OC(=O)CC)[C@@H](NBC=O)c4ccccc4)C(C)=C1C3(C)C)[C@]1(C)CO[C@@H]1C[C@@H]2O. The standard InChI is InChI=1S/C38H52BNO11/c1-9-26(43)50-30-28-20(3)23(49-34(46)31(51-27(44)10-2)29(40-39-19-41)22-14-12-11-13-15-22)17-38(47,35(28,5)6)21(4)32-36(7)18-48-25(36)16-24(42)37(32,8)33(30)45/h11-15,19,21,23-25,29-32,39-40,42,47H,9-10,16-18H2,1-8H3/t21-,23-,24-,25+,29-,30+,31+,32+,36+,37+,38+/m0/s1. The Bertz CT molecular complexity index is 1580. The van der Waals surface area contributed by atoms with Crippen LogP contribution in [0, 0.1) is 28.1 Å². The molecule has 3 N–H and O–H groups in total. The summed E-state index contributed by atoms with van der Waals surface area (Å²) < 4.78 is 23.8. The molecule has 1 aliphatic heterocycles. The molecule has 1 aromatic rings. The molecular formula is C38H52BNO11. The van der Waals surface area contributed by atoms with Crippen LogP contribution >= 0.6 is 0 Å². The fourth-order valence-electron chi connectivity index (χ4n) is 9.79. The van der Waals surface area contributed by atoms with Gasteiger partial charge < -0.3 is 39.2 Å². The summed E-state index contributed by atoms with van der Waals surface area (Å²) in [6.07, 6.45) is -4.93. The maximum Gasteiger partial charge on any atom is 0.350 e. The van der Waals surface area contributed by atoms with Crippen molar-refractivity contribution in [3.63, 3.8) is 0 Å². The Kier molecular flexibility index (Phi) is 10.8. The molecule has 0 amide bonds. The molecule has 12 nitrogen and oxygen atoms in total. The van der Waals surface area contributed by atoms with E-state index in [0.717, 1.165) is 0 Å². The lowest BCUT2D eigenvalue weighted by atomic mass is 9.40. The number of carbonyl (C=O) groups excluding carboxylic acids is 5. The molecule has 1 saturated heterocycles. The molecule has 0 radical (unpaired) electrons. The lowest BCUT2D eigenvalue weighted by Crippen LogP contribution is -2.75. The van der Waals surface area contributed by atoms with Crippen molar-refractivity contribution in [1.82, 2.24) is 5.23 Å². The van der Waals surface area contributed by atoms with E-state index in [-0.39, 0.29) is 39.2 Å². The van der Waals surface area contributed by atoms with Crippen LogP contribution in [-0.2, 0) is 42.9 Å². The molecule has 1 heterocycles. The molecule has 1 aromatic carbocycles. The van der Waals surface area contributed by atoms with Gasteiger partial charge in [0, 0.05) is 36.5 Å². The molecule has 13 heteroatoms. The van der Waals surface area contributed by atoms with Gasteiger partial charge in [0.25, 0.3) is 7.41 Å². The zero-order chi connectivity index (χ0) is 37.7. The van der Waals surface area contributed by atoms with Gasteiger partial charge in [-0.15, -0.1) is 0 Å². The first-order valence-corrected chi connectivity index (χ1v) is 18.0. The maximum absolute atomic E-state index is 15.1. The summed E-state index contributed by atoms with van der Waals surface area (Å²) in [6.45, 7) is 14.4. The van der Waals surface area contributed by atoms with E-state index in [4.69, 9.17) is 18.9 Å². The summed E-state index contributed by atoms with van der Waals surface area (Å²) >= 11 is 0. The number of fused-ring (bicyclic) bond motifs is 5. The second kappa shape index (κ2) is 14.2. The van der Waals surface area contributed by atoms with Crippen molar-refractivity contribution in [2.45, 2.75) is 123 Å². The second-order valence-corrected chi connectivity index (χ2v) is 15.7. The van der Waals surface area contributed by atoms with E-state index < -0.39 is 87.8 Å². The summed E-state index contributed by atoms with van der Waals surface area (Å²) in [7, 11) is -0.146. The highest BCUT2D eigenvalue weighted by Crippen LogP contribution is 2.67. The van der Waals surface area contributed by atoms with E-state index in [9.17, 15) is 29.4 Å². The first kappa shape index (κ1) is 38.8. The summed E-state index contributed by atoms with van der Waals surface area (Å²) in [5, 5.41) is 27.9. The number of ketones is 1. The van der Waals surface area contributed by atoms with E-state index in [1.165, 1.54) is 0 Å². The van der Waals surface area contributed by atoms with Crippen LogP contribution in [0.4, 0.5) is 0 Å². The van der Waals surface area contributed by atoms with E-state index in [1.54, 1.807) is 71.9 Å². The Morgan fingerprint density at radius 1 is 1.08 bits per heavy atom. The fraction of sp³-hybridized carbons (Fsp3) is 0.658. The smallest absolute Gasteiger partial charge is 0.350 e. The highest BCUT2D eigenvalue weighted by Gasteiger charge is 2.73. The number of nitrogens with one attached hydrogen (secondary N) is 1. The van der Waals surface area contributed by atoms with Crippen LogP contribution in [0.25, 0.3) is 0 Å². The molecule has 0 unspecified atom stereocenters. The first-order chi connectivity index (χ1) is 23.9. The van der Waals surface area contributed by atoms with Crippen LogP contribution in [0.3, 0.4) is 0 Å². The van der Waals surface area contributed by atoms with Gasteiger partial charge in [0.05, 0.1) is 42.1 Å². The quantitative estimate of drug-likeness (QED) is 0.101. The number of aliphatic hydroxyl groups is 2. The summed E-state index contributed by atoms with van der Waals surface area (Å²) in [5.41, 5.74) is -3.58. The monoisotopic (exact) mass is 709 g/mol. The second-order valence-electron chi connectivity index (χ2n) is 15.7. The highest BCUT2D eigenvalue weighted by molar-refractivity contribution is 6.64. The molecule has 3 fully saturated rings. The van der Waals surface area contributed by atoms with Crippen LogP contribution in [0.2, 0.25) is 0 Å². The number of aliphatic hydroxyl groups excluding tert-OH is 1. The molecule has 4 aliphatic rings. The number of carbonyl (C=O) groups is 5. The molecule has 3 aliphatic carbocycles. The van der Waals surface area contributed by atoms with Gasteiger partial charge >= 0.3 is 17.9 Å². The third-order valence-electron chi connectivity index (χ3n) is 12.7. The van der Waals surface area contributed by atoms with E-state index in [2.05, 4.69) is 5.23 Å². The third kappa shape index (κ3) is 6.17. The van der Waals surface area contributed by atoms with E-state index in [1.807, 2.05) is 13.8 Å². The molecule has 0 aromatic heterocycles. The lowest BCUT2D eigenvalue weighted by Gasteiger charge is -2.68. The Hall–Kier alpha value is -3.39. The summed E-state index contributed by atoms with van der Waals surface area (Å²) in [5.74, 6) is -3.97. The molecular weight excluding hydrogens is 657 g/mol. The van der Waals surface area contributed by atoms with Crippen molar-refractivity contribution in [3.8, 4) is 0 Å². The van der Waals surface area contributed by atoms with Gasteiger partial charge in [0.1, 0.15) is 6.10 Å². The third-order valence-corrected chi connectivity index (χ3v) is 12.7. The van der Waals surface area contributed by atoms with Crippen LogP contribution in [0.5, 0.6) is 0 Å². The van der Waals surface area contributed by atoms with Crippen LogP contribution < -0.4 is 5.23 Å².